The number of alkyl halides is 3. The predicted octanol–water partition coefficient (Wildman–Crippen LogP) is 8.50. The lowest BCUT2D eigenvalue weighted by atomic mass is 9.46. The molecule has 0 unspecified atom stereocenters. The van der Waals surface area contributed by atoms with Gasteiger partial charge in [0.15, 0.2) is 6.10 Å². The first-order valence-electron chi connectivity index (χ1n) is 15.2. The van der Waals surface area contributed by atoms with Gasteiger partial charge >= 0.3 is 12.1 Å². The summed E-state index contributed by atoms with van der Waals surface area (Å²) < 4.78 is 46.5. The summed E-state index contributed by atoms with van der Waals surface area (Å²) in [5, 5.41) is 10.7. The first kappa shape index (κ1) is 29.9. The van der Waals surface area contributed by atoms with Crippen LogP contribution >= 0.6 is 0 Å². The summed E-state index contributed by atoms with van der Waals surface area (Å²) in [5.74, 6) is 1.07. The van der Waals surface area contributed by atoms with Gasteiger partial charge in [-0.3, -0.25) is 4.79 Å². The Kier molecular flexibility index (Phi) is 8.20. The average molecular weight is 541 g/mol. The molecule has 0 amide bonds. The van der Waals surface area contributed by atoms with Gasteiger partial charge in [0.25, 0.3) is 0 Å². The summed E-state index contributed by atoms with van der Waals surface area (Å²) in [5.41, 5.74) is 1.19. The van der Waals surface area contributed by atoms with Crippen molar-refractivity contribution in [1.29, 1.82) is 0 Å². The predicted molar refractivity (Wildman–Crippen MR) is 144 cm³/mol. The van der Waals surface area contributed by atoms with Gasteiger partial charge in [-0.1, -0.05) is 53.2 Å². The molecule has 6 heteroatoms. The number of ether oxygens (including phenoxy) is 1. The zero-order chi connectivity index (χ0) is 28.3. The van der Waals surface area contributed by atoms with Crippen LogP contribution in [0.1, 0.15) is 113 Å². The minimum atomic E-state index is -4.54. The standard InChI is InChI=1S/C32H51F3O3/c1-19(2)21(4)28(36)38-27(32(33,34)35)13-8-20(3)24-11-12-25-23-10-9-22-18-29(5,37)16-17-30(22,6)26(23)14-15-31(24,25)7/h9,19-21,23-27,37H,8,10-18H2,1-7H3/t20-,21+,23+,24-,25+,26+,27-,29+,30+,31-/m1/s1. The molecule has 218 valence electrons. The number of esters is 1. The highest BCUT2D eigenvalue weighted by atomic mass is 19.4. The highest BCUT2D eigenvalue weighted by molar-refractivity contribution is 5.72. The van der Waals surface area contributed by atoms with Crippen molar-refractivity contribution in [2.75, 3.05) is 0 Å². The van der Waals surface area contributed by atoms with Crippen LogP contribution in [0.2, 0.25) is 0 Å². The number of rotatable bonds is 7. The van der Waals surface area contributed by atoms with Crippen molar-refractivity contribution in [3.63, 3.8) is 0 Å². The molecular weight excluding hydrogens is 489 g/mol. The number of carbonyl (C=O) groups excluding carboxylic acids is 1. The Hall–Kier alpha value is -1.04. The molecule has 0 aromatic heterocycles. The minimum absolute atomic E-state index is 0.0597. The molecule has 4 aliphatic rings. The fraction of sp³-hybridized carbons (Fsp3) is 0.906. The quantitative estimate of drug-likeness (QED) is 0.260. The van der Waals surface area contributed by atoms with E-state index in [2.05, 4.69) is 26.8 Å². The lowest BCUT2D eigenvalue weighted by Crippen LogP contribution is -2.52. The molecule has 0 bridgehead atoms. The Balaban J connectivity index is 1.43. The SMILES string of the molecule is CC(C)[C@H](C)C(=O)O[C@H](CC[C@@H](C)[C@H]1CC[C@H]2[C@@H]3CC=C4C[C@@](C)(O)CC[C@]4(C)[C@H]3CC[C@]12C)C(F)(F)F. The van der Waals surface area contributed by atoms with Crippen molar-refractivity contribution in [2.45, 2.75) is 131 Å². The van der Waals surface area contributed by atoms with E-state index in [1.165, 1.54) is 12.0 Å². The number of hydrogen-bond acceptors (Lipinski definition) is 3. The highest BCUT2D eigenvalue weighted by Crippen LogP contribution is 2.67. The zero-order valence-corrected chi connectivity index (χ0v) is 24.7. The van der Waals surface area contributed by atoms with Crippen LogP contribution in [0.5, 0.6) is 0 Å². The van der Waals surface area contributed by atoms with Crippen LogP contribution < -0.4 is 0 Å². The molecule has 0 saturated heterocycles. The van der Waals surface area contributed by atoms with E-state index in [0.717, 1.165) is 44.9 Å². The van der Waals surface area contributed by atoms with Crippen LogP contribution in [0.25, 0.3) is 0 Å². The summed E-state index contributed by atoms with van der Waals surface area (Å²) in [4.78, 5) is 12.3. The number of aliphatic hydroxyl groups is 1. The minimum Gasteiger partial charge on any atom is -0.452 e. The van der Waals surface area contributed by atoms with Gasteiger partial charge in [-0.25, -0.2) is 0 Å². The third kappa shape index (κ3) is 5.46. The molecule has 4 rings (SSSR count). The van der Waals surface area contributed by atoms with Gasteiger partial charge in [-0.05, 0) is 117 Å². The average Bonchev–Trinajstić information content (AvgIpc) is 3.17. The molecule has 0 aliphatic heterocycles. The second kappa shape index (κ2) is 10.4. The maximum absolute atomic E-state index is 13.8. The van der Waals surface area contributed by atoms with Crippen molar-refractivity contribution in [3.05, 3.63) is 11.6 Å². The van der Waals surface area contributed by atoms with Gasteiger partial charge in [0.2, 0.25) is 0 Å². The second-order valence-electron chi connectivity index (χ2n) is 14.7. The van der Waals surface area contributed by atoms with Gasteiger partial charge < -0.3 is 9.84 Å². The van der Waals surface area contributed by atoms with Gasteiger partial charge in [0.1, 0.15) is 0 Å². The molecule has 0 aromatic rings. The molecule has 10 atom stereocenters. The van der Waals surface area contributed by atoms with Crippen molar-refractivity contribution in [1.82, 2.24) is 0 Å². The Morgan fingerprint density at radius 1 is 1.03 bits per heavy atom. The molecule has 1 N–H and O–H groups in total. The fourth-order valence-electron chi connectivity index (χ4n) is 9.20. The summed E-state index contributed by atoms with van der Waals surface area (Å²) in [7, 11) is 0. The molecular formula is C32H51F3O3. The third-order valence-electron chi connectivity index (χ3n) is 12.0. The van der Waals surface area contributed by atoms with Crippen LogP contribution in [0.4, 0.5) is 13.2 Å². The van der Waals surface area contributed by atoms with Crippen LogP contribution in [0.3, 0.4) is 0 Å². The van der Waals surface area contributed by atoms with Crippen molar-refractivity contribution < 1.29 is 27.8 Å². The second-order valence-corrected chi connectivity index (χ2v) is 14.7. The first-order chi connectivity index (χ1) is 17.5. The van der Waals surface area contributed by atoms with Crippen molar-refractivity contribution >= 4 is 5.97 Å². The molecule has 0 spiro atoms. The van der Waals surface area contributed by atoms with Crippen LogP contribution in [-0.4, -0.2) is 29.0 Å². The number of allylic oxidation sites excluding steroid dienone is 1. The summed E-state index contributed by atoms with van der Waals surface area (Å²) in [6.07, 6.45) is 4.45. The maximum Gasteiger partial charge on any atom is 0.425 e. The third-order valence-corrected chi connectivity index (χ3v) is 12.0. The van der Waals surface area contributed by atoms with Crippen LogP contribution in [0.15, 0.2) is 11.6 Å². The molecule has 3 nitrogen and oxygen atoms in total. The van der Waals surface area contributed by atoms with E-state index in [4.69, 9.17) is 4.74 Å². The molecule has 0 radical (unpaired) electrons. The van der Waals surface area contributed by atoms with E-state index < -0.39 is 29.8 Å². The van der Waals surface area contributed by atoms with Gasteiger partial charge in [0, 0.05) is 0 Å². The smallest absolute Gasteiger partial charge is 0.425 e. The van der Waals surface area contributed by atoms with Gasteiger partial charge in [0.05, 0.1) is 11.5 Å². The monoisotopic (exact) mass is 540 g/mol. The van der Waals surface area contributed by atoms with E-state index in [1.54, 1.807) is 6.92 Å². The summed E-state index contributed by atoms with van der Waals surface area (Å²) in [6.45, 7) is 14.2. The van der Waals surface area contributed by atoms with E-state index in [-0.39, 0.29) is 29.1 Å². The van der Waals surface area contributed by atoms with Gasteiger partial charge in [-0.15, -0.1) is 0 Å². The number of hydrogen-bond donors (Lipinski definition) is 1. The Bertz CT molecular complexity index is 908. The Morgan fingerprint density at radius 3 is 2.34 bits per heavy atom. The highest BCUT2D eigenvalue weighted by Gasteiger charge is 2.59. The summed E-state index contributed by atoms with van der Waals surface area (Å²) in [6, 6.07) is 0. The molecule has 3 saturated carbocycles. The van der Waals surface area contributed by atoms with Crippen molar-refractivity contribution in [3.8, 4) is 0 Å². The van der Waals surface area contributed by atoms with Gasteiger partial charge in [-0.2, -0.15) is 13.2 Å². The zero-order valence-electron chi connectivity index (χ0n) is 24.7. The van der Waals surface area contributed by atoms with Crippen LogP contribution in [-0.2, 0) is 9.53 Å². The van der Waals surface area contributed by atoms with Crippen molar-refractivity contribution in [2.24, 2.45) is 52.3 Å². The molecule has 4 aliphatic carbocycles. The first-order valence-corrected chi connectivity index (χ1v) is 15.2. The topological polar surface area (TPSA) is 46.5 Å². The van der Waals surface area contributed by atoms with E-state index in [9.17, 15) is 23.1 Å². The molecule has 0 aromatic carbocycles. The Morgan fingerprint density at radius 2 is 1.71 bits per heavy atom. The van der Waals surface area contributed by atoms with E-state index >= 15 is 0 Å². The number of fused-ring (bicyclic) bond motifs is 5. The lowest BCUT2D eigenvalue weighted by molar-refractivity contribution is -0.226. The Labute approximate surface area is 228 Å². The molecule has 3 fully saturated rings. The summed E-state index contributed by atoms with van der Waals surface area (Å²) >= 11 is 0. The largest absolute Gasteiger partial charge is 0.452 e. The van der Waals surface area contributed by atoms with Crippen LogP contribution in [0, 0.1) is 52.3 Å². The number of halogens is 3. The van der Waals surface area contributed by atoms with E-state index in [1.807, 2.05) is 20.8 Å². The fourth-order valence-corrected chi connectivity index (χ4v) is 9.20. The molecule has 38 heavy (non-hydrogen) atoms. The molecule has 0 heterocycles. The lowest BCUT2D eigenvalue weighted by Gasteiger charge is -2.59. The maximum atomic E-state index is 13.8. The van der Waals surface area contributed by atoms with E-state index in [0.29, 0.717) is 30.1 Å². The number of carbonyl (C=O) groups is 1. The normalized spacial score (nSPS) is 41.4.